The summed E-state index contributed by atoms with van der Waals surface area (Å²) >= 11 is 0. The molecular weight excluding hydrogens is 937 g/mol. The third-order valence-electron chi connectivity index (χ3n) is 14.5. The molecule has 12 nitrogen and oxygen atoms in total. The summed E-state index contributed by atoms with van der Waals surface area (Å²) < 4.78 is 0. The summed E-state index contributed by atoms with van der Waals surface area (Å²) in [6.07, 6.45) is 14.8. The molecule has 0 saturated heterocycles. The molecule has 12 rings (SSSR count). The lowest BCUT2D eigenvalue weighted by Crippen LogP contribution is -2.19. The molecule has 8 aromatic heterocycles. The molecule has 370 valence electrons. The fourth-order valence-electron chi connectivity index (χ4n) is 10.9. The summed E-state index contributed by atoms with van der Waals surface area (Å²) in [6, 6.07) is 47.0. The van der Waals surface area contributed by atoms with Crippen molar-refractivity contribution in [1.82, 2.24) is 39.9 Å². The summed E-state index contributed by atoms with van der Waals surface area (Å²) in [4.78, 5) is 48.6. The van der Waals surface area contributed by atoms with Gasteiger partial charge in [-0.25, -0.2) is 0 Å². The van der Waals surface area contributed by atoms with Crippen molar-refractivity contribution in [3.8, 4) is 0 Å². The lowest BCUT2D eigenvalue weighted by atomic mass is 9.89. The topological polar surface area (TPSA) is 116 Å². The molecule has 76 heavy (non-hydrogen) atoms. The number of anilines is 12. The number of rotatable bonds is 12. The zero-order chi connectivity index (χ0) is 52.2. The monoisotopic (exact) mass is 990 g/mol. The molecule has 0 amide bonds. The number of nitrogens with zero attached hydrogens (tertiary/aromatic N) is 12. The van der Waals surface area contributed by atoms with Gasteiger partial charge in [-0.2, -0.15) is 0 Å². The number of hydrogen-bond acceptors (Lipinski definition) is 12. The Morgan fingerprint density at radius 2 is 0.368 bits per heavy atom. The first-order chi connectivity index (χ1) is 37.1. The van der Waals surface area contributed by atoms with E-state index in [1.54, 1.807) is 0 Å². The predicted molar refractivity (Wildman–Crippen MR) is 309 cm³/mol. The summed E-state index contributed by atoms with van der Waals surface area (Å²) in [7, 11) is 0. The van der Waals surface area contributed by atoms with Crippen LogP contribution in [0.3, 0.4) is 0 Å². The van der Waals surface area contributed by atoms with Crippen molar-refractivity contribution in [3.63, 3.8) is 0 Å². The molecule has 0 spiro atoms. The van der Waals surface area contributed by atoms with Crippen LogP contribution in [0.5, 0.6) is 0 Å². The number of aromatic nitrogens is 8. The summed E-state index contributed by atoms with van der Waals surface area (Å²) in [5, 5.41) is 6.23. The van der Waals surface area contributed by atoms with Gasteiger partial charge in [0, 0.05) is 81.9 Å². The van der Waals surface area contributed by atoms with E-state index in [1.807, 2.05) is 98.1 Å². The largest absolute Gasteiger partial charge is 0.306 e. The van der Waals surface area contributed by atoms with Gasteiger partial charge in [0.1, 0.15) is 0 Å². The van der Waals surface area contributed by atoms with Crippen LogP contribution in [0, 0.1) is 55.4 Å². The minimum absolute atomic E-state index is 0.870. The number of benzene rings is 4. The highest BCUT2D eigenvalue weighted by Gasteiger charge is 2.32. The van der Waals surface area contributed by atoms with Crippen molar-refractivity contribution in [2.45, 2.75) is 55.4 Å². The van der Waals surface area contributed by atoms with Crippen molar-refractivity contribution < 1.29 is 0 Å². The predicted octanol–water partition coefficient (Wildman–Crippen LogP) is 16.1. The van der Waals surface area contributed by atoms with Crippen molar-refractivity contribution in [2.75, 3.05) is 19.6 Å². The molecule has 12 heteroatoms. The smallest absolute Gasteiger partial charge is 0.0675 e. The zero-order valence-corrected chi connectivity index (χ0v) is 43.7. The van der Waals surface area contributed by atoms with Gasteiger partial charge in [0.05, 0.1) is 114 Å². The summed E-state index contributed by atoms with van der Waals surface area (Å²) in [5.41, 5.74) is 18.1. The van der Waals surface area contributed by atoms with Gasteiger partial charge in [0.15, 0.2) is 0 Å². The minimum atomic E-state index is 0.870. The van der Waals surface area contributed by atoms with Gasteiger partial charge in [0.2, 0.25) is 0 Å². The molecule has 0 N–H and O–H groups in total. The Labute approximate surface area is 442 Å². The Morgan fingerprint density at radius 3 is 0.513 bits per heavy atom. The maximum Gasteiger partial charge on any atom is 0.0675 e. The van der Waals surface area contributed by atoms with Crippen LogP contribution in [0.2, 0.25) is 0 Å². The van der Waals surface area contributed by atoms with E-state index in [0.717, 1.165) is 146 Å². The first-order valence-electron chi connectivity index (χ1n) is 25.4. The summed E-state index contributed by atoms with van der Waals surface area (Å²) in [6.45, 7) is 16.5. The average molecular weight is 991 g/mol. The van der Waals surface area contributed by atoms with Crippen molar-refractivity contribution in [1.29, 1.82) is 0 Å². The Kier molecular flexibility index (Phi) is 12.0. The number of pyridine rings is 8. The second-order valence-electron chi connectivity index (χ2n) is 19.1. The van der Waals surface area contributed by atoms with E-state index in [1.165, 1.54) is 0 Å². The van der Waals surface area contributed by atoms with E-state index >= 15 is 0 Å². The standard InChI is InChI=1S/C64H54N12/c1-39-51(17-9-29-65-39)73(52-18-10-30-66-40(52)2)59-37-60(74(53-19-11-31-67-41(53)3)54-20-12-32-68-42(54)4)48-27-28-50-62(76(57-23-15-35-71-45(57)7)58-24-16-36-72-46(58)8)38-61(49-26-25-47(59)63(48)64(49)50)75(55-21-13-33-69-43(55)5)56-22-14-34-70-44(56)6/h9-38H,1-8H3. The van der Waals surface area contributed by atoms with E-state index in [9.17, 15) is 0 Å². The first kappa shape index (κ1) is 47.3. The van der Waals surface area contributed by atoms with Crippen LogP contribution in [0.15, 0.2) is 183 Å². The highest BCUT2D eigenvalue weighted by molar-refractivity contribution is 6.33. The molecule has 0 saturated carbocycles. The van der Waals surface area contributed by atoms with Crippen molar-refractivity contribution in [2.24, 2.45) is 0 Å². The van der Waals surface area contributed by atoms with Crippen molar-refractivity contribution in [3.05, 3.63) is 229 Å². The molecule has 0 fully saturated rings. The lowest BCUT2D eigenvalue weighted by molar-refractivity contribution is 1.11. The van der Waals surface area contributed by atoms with Gasteiger partial charge >= 0.3 is 0 Å². The molecule has 12 aromatic rings. The summed E-state index contributed by atoms with van der Waals surface area (Å²) in [5.74, 6) is 0. The van der Waals surface area contributed by atoms with Gasteiger partial charge in [-0.15, -0.1) is 0 Å². The van der Waals surface area contributed by atoms with Crippen LogP contribution in [0.4, 0.5) is 68.2 Å². The van der Waals surface area contributed by atoms with Gasteiger partial charge in [-0.1, -0.05) is 24.3 Å². The average Bonchev–Trinajstić information content (AvgIpc) is 3.57. The fraction of sp³-hybridized carbons (Fsp3) is 0.125. The second kappa shape index (κ2) is 19.3. The zero-order valence-electron chi connectivity index (χ0n) is 43.7. The van der Waals surface area contributed by atoms with E-state index in [2.05, 4.69) is 160 Å². The third-order valence-corrected chi connectivity index (χ3v) is 14.5. The minimum Gasteiger partial charge on any atom is -0.306 e. The van der Waals surface area contributed by atoms with Gasteiger partial charge in [-0.05, 0) is 165 Å². The van der Waals surface area contributed by atoms with E-state index in [0.29, 0.717) is 0 Å². The van der Waals surface area contributed by atoms with Crippen LogP contribution >= 0.6 is 0 Å². The first-order valence-corrected chi connectivity index (χ1v) is 25.4. The second-order valence-corrected chi connectivity index (χ2v) is 19.1. The Balaban J connectivity index is 1.33. The number of aryl methyl sites for hydroxylation is 8. The van der Waals surface area contributed by atoms with Crippen LogP contribution < -0.4 is 19.6 Å². The maximum atomic E-state index is 4.90. The highest BCUT2D eigenvalue weighted by Crippen LogP contribution is 2.56. The quantitative estimate of drug-likeness (QED) is 0.109. The van der Waals surface area contributed by atoms with Gasteiger partial charge in [-0.3, -0.25) is 39.9 Å². The molecule has 0 unspecified atom stereocenters. The highest BCUT2D eigenvalue weighted by atomic mass is 15.2. The molecule has 0 aliphatic carbocycles. The van der Waals surface area contributed by atoms with E-state index in [-0.39, 0.29) is 0 Å². The SMILES string of the molecule is Cc1ncccc1N(c1cccnc1C)c1cc(N(c2cccnc2C)c2cccnc2C)c2ccc3c(N(c4cccnc4C)c4cccnc4C)cc(N(c4cccnc4C)c4cccnc4C)c4ccc1c2c43. The molecule has 0 aliphatic heterocycles. The molecule has 0 radical (unpaired) electrons. The molecule has 0 atom stereocenters. The maximum absolute atomic E-state index is 4.90. The molecular formula is C64H54N12. The molecule has 8 heterocycles. The lowest BCUT2D eigenvalue weighted by Gasteiger charge is -2.35. The van der Waals surface area contributed by atoms with E-state index < -0.39 is 0 Å². The van der Waals surface area contributed by atoms with Crippen LogP contribution in [-0.4, -0.2) is 39.9 Å². The Morgan fingerprint density at radius 1 is 0.211 bits per heavy atom. The van der Waals surface area contributed by atoms with Crippen LogP contribution in [0.1, 0.15) is 45.6 Å². The molecule has 0 aliphatic rings. The van der Waals surface area contributed by atoms with Gasteiger partial charge < -0.3 is 19.6 Å². The van der Waals surface area contributed by atoms with Crippen molar-refractivity contribution >= 4 is 101 Å². The normalized spacial score (nSPS) is 11.4. The third kappa shape index (κ3) is 7.93. The molecule has 4 aromatic carbocycles. The number of hydrogen-bond donors (Lipinski definition) is 0. The van der Waals surface area contributed by atoms with E-state index in [4.69, 9.17) is 39.9 Å². The molecule has 0 bridgehead atoms. The fourth-order valence-corrected chi connectivity index (χ4v) is 10.9. The van der Waals surface area contributed by atoms with Gasteiger partial charge in [0.25, 0.3) is 0 Å². The van der Waals surface area contributed by atoms with Crippen LogP contribution in [0.25, 0.3) is 32.3 Å². The Bertz CT molecular complexity index is 3470. The Hall–Kier alpha value is -9.68. The van der Waals surface area contributed by atoms with Crippen LogP contribution in [-0.2, 0) is 0 Å².